The summed E-state index contributed by atoms with van der Waals surface area (Å²) in [6.45, 7) is 7.03. The Balaban J connectivity index is 2.36. The summed E-state index contributed by atoms with van der Waals surface area (Å²) in [6.07, 6.45) is 0. The number of hydrogen-bond acceptors (Lipinski definition) is 7. The highest BCUT2D eigenvalue weighted by Gasteiger charge is 2.30. The molecule has 0 atom stereocenters. The molecule has 0 bridgehead atoms. The topological polar surface area (TPSA) is 138 Å². The van der Waals surface area contributed by atoms with E-state index >= 15 is 0 Å². The molecule has 0 aliphatic rings. The Hall–Kier alpha value is -2.57. The van der Waals surface area contributed by atoms with Crippen LogP contribution in [-0.2, 0) is 20.0 Å². The van der Waals surface area contributed by atoms with Gasteiger partial charge in [-0.25, -0.2) is 36.3 Å². The molecule has 0 aliphatic heterocycles. The van der Waals surface area contributed by atoms with Crippen molar-refractivity contribution in [1.82, 2.24) is 19.0 Å². The number of urea groups is 1. The molecule has 0 aliphatic carbocycles. The van der Waals surface area contributed by atoms with Crippen LogP contribution in [0.5, 0.6) is 0 Å². The summed E-state index contributed by atoms with van der Waals surface area (Å²) in [6, 6.07) is 5.69. The molecule has 0 saturated heterocycles. The lowest BCUT2D eigenvalue weighted by atomic mass is 10.4. The van der Waals surface area contributed by atoms with Gasteiger partial charge in [-0.2, -0.15) is 4.31 Å². The zero-order chi connectivity index (χ0) is 21.8. The summed E-state index contributed by atoms with van der Waals surface area (Å²) < 4.78 is 54.1. The molecule has 1 heterocycles. The van der Waals surface area contributed by atoms with Crippen molar-refractivity contribution in [2.45, 2.75) is 37.5 Å². The van der Waals surface area contributed by atoms with E-state index in [2.05, 4.69) is 15.3 Å². The zero-order valence-corrected chi connectivity index (χ0v) is 18.1. The smallest absolute Gasteiger partial charge is 0.275 e. The SMILES string of the molecule is CCN(CC)S(=O)(=O)c1ccccc1S(=O)(=O)NC(=O)Nc1nc(C)cc(C)n1. The molecule has 10 nitrogen and oxygen atoms in total. The molecule has 158 valence electrons. The number of aryl methyl sites for hydroxylation is 2. The largest absolute Gasteiger partial charge is 0.335 e. The highest BCUT2D eigenvalue weighted by molar-refractivity contribution is 7.92. The Morgan fingerprint density at radius 1 is 0.966 bits per heavy atom. The second-order valence-electron chi connectivity index (χ2n) is 6.07. The van der Waals surface area contributed by atoms with Crippen molar-refractivity contribution < 1.29 is 21.6 Å². The normalized spacial score (nSPS) is 12.0. The van der Waals surface area contributed by atoms with Crippen molar-refractivity contribution in [3.05, 3.63) is 41.7 Å². The molecule has 1 aromatic carbocycles. The molecular weight excluding hydrogens is 418 g/mol. The van der Waals surface area contributed by atoms with E-state index in [4.69, 9.17) is 0 Å². The van der Waals surface area contributed by atoms with E-state index in [1.54, 1.807) is 38.5 Å². The third kappa shape index (κ3) is 5.28. The first-order valence-electron chi connectivity index (χ1n) is 8.76. The van der Waals surface area contributed by atoms with Crippen molar-refractivity contribution in [1.29, 1.82) is 0 Å². The summed E-state index contributed by atoms with van der Waals surface area (Å²) in [5, 5.41) is 2.24. The quantitative estimate of drug-likeness (QED) is 0.666. The summed E-state index contributed by atoms with van der Waals surface area (Å²) in [4.78, 5) is 19.3. The van der Waals surface area contributed by atoms with E-state index < -0.39 is 35.9 Å². The average Bonchev–Trinajstić information content (AvgIpc) is 2.61. The van der Waals surface area contributed by atoms with E-state index in [9.17, 15) is 21.6 Å². The van der Waals surface area contributed by atoms with Crippen LogP contribution in [0.1, 0.15) is 25.2 Å². The number of carbonyl (C=O) groups excluding carboxylic acids is 1. The lowest BCUT2D eigenvalue weighted by Gasteiger charge is -2.20. The summed E-state index contributed by atoms with van der Waals surface area (Å²) in [5.41, 5.74) is 1.18. The Kier molecular flexibility index (Phi) is 6.93. The molecule has 0 saturated carbocycles. The lowest BCUT2D eigenvalue weighted by molar-refractivity contribution is 0.256. The van der Waals surface area contributed by atoms with E-state index in [1.165, 1.54) is 18.2 Å². The minimum Gasteiger partial charge on any atom is -0.275 e. The number of carbonyl (C=O) groups is 1. The second-order valence-corrected chi connectivity index (χ2v) is 9.63. The van der Waals surface area contributed by atoms with Crippen LogP contribution in [-0.4, -0.2) is 50.2 Å². The van der Waals surface area contributed by atoms with Gasteiger partial charge in [-0.1, -0.05) is 26.0 Å². The first kappa shape index (κ1) is 22.7. The number of aromatic nitrogens is 2. The van der Waals surface area contributed by atoms with Gasteiger partial charge in [0.2, 0.25) is 16.0 Å². The maximum absolute atomic E-state index is 12.8. The summed E-state index contributed by atoms with van der Waals surface area (Å²) >= 11 is 0. The van der Waals surface area contributed by atoms with E-state index in [-0.39, 0.29) is 19.0 Å². The van der Waals surface area contributed by atoms with E-state index in [0.717, 1.165) is 10.4 Å². The van der Waals surface area contributed by atoms with Crippen LogP contribution in [0, 0.1) is 13.8 Å². The van der Waals surface area contributed by atoms with Crippen LogP contribution in [0.4, 0.5) is 10.7 Å². The van der Waals surface area contributed by atoms with Gasteiger partial charge < -0.3 is 0 Å². The predicted octanol–water partition coefficient (Wildman–Crippen LogP) is 1.63. The van der Waals surface area contributed by atoms with Gasteiger partial charge in [-0.15, -0.1) is 0 Å². The number of nitrogens with zero attached hydrogens (tertiary/aromatic N) is 3. The Bertz CT molecular complexity index is 1090. The summed E-state index contributed by atoms with van der Waals surface area (Å²) in [7, 11) is -8.55. The number of nitrogens with one attached hydrogen (secondary N) is 2. The van der Waals surface area contributed by atoms with Crippen LogP contribution < -0.4 is 10.0 Å². The standard InChI is InChI=1S/C17H23N5O5S2/c1-5-22(6-2)29(26,27)15-10-8-7-9-14(15)28(24,25)21-17(23)20-16-18-12(3)11-13(4)19-16/h7-11H,5-6H2,1-4H3,(H2,18,19,20,21,23). The molecule has 29 heavy (non-hydrogen) atoms. The predicted molar refractivity (Wildman–Crippen MR) is 107 cm³/mol. The van der Waals surface area contributed by atoms with Gasteiger partial charge in [0, 0.05) is 24.5 Å². The number of hydrogen-bond donors (Lipinski definition) is 2. The van der Waals surface area contributed by atoms with Gasteiger partial charge in [0.1, 0.15) is 9.79 Å². The highest BCUT2D eigenvalue weighted by atomic mass is 32.2. The zero-order valence-electron chi connectivity index (χ0n) is 16.5. The minimum absolute atomic E-state index is 0.0701. The Labute approximate surface area is 170 Å². The molecule has 2 N–H and O–H groups in total. The molecule has 2 amide bonds. The maximum Gasteiger partial charge on any atom is 0.335 e. The molecule has 1 aromatic heterocycles. The van der Waals surface area contributed by atoms with Crippen LogP contribution in [0.2, 0.25) is 0 Å². The summed E-state index contributed by atoms with van der Waals surface area (Å²) in [5.74, 6) is -0.0701. The molecule has 0 radical (unpaired) electrons. The van der Waals surface area contributed by atoms with Gasteiger partial charge in [0.05, 0.1) is 0 Å². The third-order valence-corrected chi connectivity index (χ3v) is 7.52. The van der Waals surface area contributed by atoms with E-state index in [1.807, 2.05) is 0 Å². The average molecular weight is 442 g/mol. The van der Waals surface area contributed by atoms with E-state index in [0.29, 0.717) is 11.4 Å². The number of rotatable bonds is 7. The lowest BCUT2D eigenvalue weighted by Crippen LogP contribution is -2.37. The van der Waals surface area contributed by atoms with Crippen molar-refractivity contribution >= 4 is 32.0 Å². The second kappa shape index (κ2) is 8.84. The fourth-order valence-corrected chi connectivity index (χ4v) is 5.85. The van der Waals surface area contributed by atoms with Crippen molar-refractivity contribution in [2.75, 3.05) is 18.4 Å². The van der Waals surface area contributed by atoms with Gasteiger partial charge in [0.25, 0.3) is 10.0 Å². The van der Waals surface area contributed by atoms with Gasteiger partial charge in [-0.3, -0.25) is 5.32 Å². The Morgan fingerprint density at radius 2 is 1.48 bits per heavy atom. The Morgan fingerprint density at radius 3 is 2.00 bits per heavy atom. The molecular formula is C17H23N5O5S2. The van der Waals surface area contributed by atoms with Crippen LogP contribution in [0.25, 0.3) is 0 Å². The highest BCUT2D eigenvalue weighted by Crippen LogP contribution is 2.24. The molecule has 0 unspecified atom stereocenters. The first-order chi connectivity index (χ1) is 13.5. The number of amides is 2. The van der Waals surface area contributed by atoms with Crippen LogP contribution >= 0.6 is 0 Å². The fourth-order valence-electron chi connectivity index (χ4n) is 2.67. The van der Waals surface area contributed by atoms with Crippen LogP contribution in [0.15, 0.2) is 40.1 Å². The van der Waals surface area contributed by atoms with Crippen LogP contribution in [0.3, 0.4) is 0 Å². The van der Waals surface area contributed by atoms with Gasteiger partial charge >= 0.3 is 6.03 Å². The van der Waals surface area contributed by atoms with Crippen molar-refractivity contribution in [3.8, 4) is 0 Å². The molecule has 0 fully saturated rings. The molecule has 12 heteroatoms. The van der Waals surface area contributed by atoms with Gasteiger partial charge in [0.15, 0.2) is 0 Å². The number of anilines is 1. The van der Waals surface area contributed by atoms with Crippen molar-refractivity contribution in [3.63, 3.8) is 0 Å². The molecule has 2 rings (SSSR count). The fraction of sp³-hybridized carbons (Fsp3) is 0.353. The van der Waals surface area contributed by atoms with Crippen molar-refractivity contribution in [2.24, 2.45) is 0 Å². The monoisotopic (exact) mass is 441 g/mol. The molecule has 0 spiro atoms. The first-order valence-corrected chi connectivity index (χ1v) is 11.7. The third-order valence-electron chi connectivity index (χ3n) is 3.90. The number of sulfonamides is 2. The number of benzene rings is 1. The van der Waals surface area contributed by atoms with Gasteiger partial charge in [-0.05, 0) is 32.0 Å². The maximum atomic E-state index is 12.8. The minimum atomic E-state index is -4.49. The molecule has 2 aromatic rings.